The molecule has 27 heavy (non-hydrogen) atoms. The molecule has 2 aromatic heterocycles. The Labute approximate surface area is 155 Å². The summed E-state index contributed by atoms with van der Waals surface area (Å²) >= 11 is 0. The second-order valence-corrected chi connectivity index (χ2v) is 6.47. The smallest absolute Gasteiger partial charge is 0.245 e. The highest BCUT2D eigenvalue weighted by molar-refractivity contribution is 5.92. The molecule has 0 spiro atoms. The molecule has 0 fully saturated rings. The number of rotatable bonds is 4. The quantitative estimate of drug-likeness (QED) is 0.603. The van der Waals surface area contributed by atoms with Gasteiger partial charge in [-0.2, -0.15) is 9.90 Å². The number of nitrogens with one attached hydrogen (secondary N) is 1. The minimum absolute atomic E-state index is 0.151. The number of nitrogens with zero attached hydrogens (tertiary/aromatic N) is 4. The lowest BCUT2D eigenvalue weighted by Crippen LogP contribution is -2.18. The van der Waals surface area contributed by atoms with Crippen LogP contribution in [0.25, 0.3) is 22.0 Å². The van der Waals surface area contributed by atoms with Crippen molar-refractivity contribution in [3.05, 3.63) is 66.2 Å². The largest absolute Gasteiger partial charge is 0.338 e. The summed E-state index contributed by atoms with van der Waals surface area (Å²) in [5.41, 5.74) is 3.16. The number of carbonyl (C=O) groups is 1. The molecule has 4 aromatic rings. The van der Waals surface area contributed by atoms with Crippen molar-refractivity contribution in [3.63, 3.8) is 0 Å². The van der Waals surface area contributed by atoms with Gasteiger partial charge in [0.15, 0.2) is 5.82 Å². The maximum absolute atomic E-state index is 14.3. The maximum atomic E-state index is 14.3. The minimum Gasteiger partial charge on any atom is -0.338 e. The standard InChI is InChI=1S/C20H18FN5O/c1-13-3-5-16(17(21)9-13)14-4-6-18-15(10-14)7-8-26(18)12-20(27)23-19-11-22-25(2)24-19/h3-11H,12H2,1-2H3,(H,23,24,27). The van der Waals surface area contributed by atoms with Crippen LogP contribution in [0.3, 0.4) is 0 Å². The molecule has 7 heteroatoms. The van der Waals surface area contributed by atoms with Gasteiger partial charge < -0.3 is 9.88 Å². The summed E-state index contributed by atoms with van der Waals surface area (Å²) in [7, 11) is 1.68. The molecule has 1 N–H and O–H groups in total. The topological polar surface area (TPSA) is 64.7 Å². The van der Waals surface area contributed by atoms with Gasteiger partial charge in [0, 0.05) is 29.7 Å². The number of fused-ring (bicyclic) bond motifs is 1. The van der Waals surface area contributed by atoms with Gasteiger partial charge in [0.25, 0.3) is 0 Å². The van der Waals surface area contributed by atoms with Crippen molar-refractivity contribution < 1.29 is 9.18 Å². The normalized spacial score (nSPS) is 11.1. The van der Waals surface area contributed by atoms with Crippen molar-refractivity contribution in [2.75, 3.05) is 5.32 Å². The first-order chi connectivity index (χ1) is 13.0. The van der Waals surface area contributed by atoms with Crippen LogP contribution in [0.2, 0.25) is 0 Å². The second kappa shape index (κ2) is 6.68. The molecule has 0 bridgehead atoms. The highest BCUT2D eigenvalue weighted by Gasteiger charge is 2.11. The monoisotopic (exact) mass is 363 g/mol. The third kappa shape index (κ3) is 3.44. The summed E-state index contributed by atoms with van der Waals surface area (Å²) in [5, 5.41) is 11.6. The van der Waals surface area contributed by atoms with E-state index in [0.29, 0.717) is 11.4 Å². The predicted octanol–water partition coefficient (Wildman–Crippen LogP) is 3.52. The first-order valence-electron chi connectivity index (χ1n) is 8.51. The van der Waals surface area contributed by atoms with Crippen molar-refractivity contribution in [1.29, 1.82) is 0 Å². The molecule has 0 aliphatic carbocycles. The number of halogens is 1. The molecule has 2 heterocycles. The Morgan fingerprint density at radius 3 is 2.78 bits per heavy atom. The van der Waals surface area contributed by atoms with Gasteiger partial charge in [-0.3, -0.25) is 4.79 Å². The van der Waals surface area contributed by atoms with E-state index in [4.69, 9.17) is 0 Å². The fourth-order valence-corrected chi connectivity index (χ4v) is 3.10. The van der Waals surface area contributed by atoms with Crippen LogP contribution in [0, 0.1) is 12.7 Å². The lowest BCUT2D eigenvalue weighted by molar-refractivity contribution is -0.116. The van der Waals surface area contributed by atoms with Crippen LogP contribution in [0.1, 0.15) is 5.56 Å². The van der Waals surface area contributed by atoms with E-state index >= 15 is 0 Å². The highest BCUT2D eigenvalue weighted by atomic mass is 19.1. The summed E-state index contributed by atoms with van der Waals surface area (Å²) in [5.74, 6) is -0.0186. The van der Waals surface area contributed by atoms with E-state index in [9.17, 15) is 9.18 Å². The van der Waals surface area contributed by atoms with Crippen LogP contribution in [0.4, 0.5) is 10.2 Å². The number of hydrogen-bond donors (Lipinski definition) is 1. The fraction of sp³-hybridized carbons (Fsp3) is 0.150. The highest BCUT2D eigenvalue weighted by Crippen LogP contribution is 2.27. The summed E-state index contributed by atoms with van der Waals surface area (Å²) in [6.45, 7) is 2.01. The first-order valence-corrected chi connectivity index (χ1v) is 8.51. The molecule has 0 aliphatic heterocycles. The van der Waals surface area contributed by atoms with E-state index in [2.05, 4.69) is 15.5 Å². The third-order valence-electron chi connectivity index (χ3n) is 4.39. The van der Waals surface area contributed by atoms with Gasteiger partial charge in [0.1, 0.15) is 12.4 Å². The zero-order valence-electron chi connectivity index (χ0n) is 15.0. The van der Waals surface area contributed by atoms with Gasteiger partial charge in [0.05, 0.1) is 6.20 Å². The van der Waals surface area contributed by atoms with E-state index < -0.39 is 0 Å². The van der Waals surface area contributed by atoms with Crippen LogP contribution >= 0.6 is 0 Å². The van der Waals surface area contributed by atoms with E-state index in [1.807, 2.05) is 48.0 Å². The number of aromatic nitrogens is 4. The number of amides is 1. The van der Waals surface area contributed by atoms with E-state index in [0.717, 1.165) is 22.0 Å². The van der Waals surface area contributed by atoms with Crippen molar-refractivity contribution in [2.45, 2.75) is 13.5 Å². The van der Waals surface area contributed by atoms with Crippen molar-refractivity contribution >= 4 is 22.6 Å². The second-order valence-electron chi connectivity index (χ2n) is 6.47. The predicted molar refractivity (Wildman–Crippen MR) is 102 cm³/mol. The summed E-state index contributed by atoms with van der Waals surface area (Å²) in [6.07, 6.45) is 3.34. The Bertz CT molecular complexity index is 1140. The van der Waals surface area contributed by atoms with Gasteiger partial charge >= 0.3 is 0 Å². The molecule has 2 aromatic carbocycles. The third-order valence-corrected chi connectivity index (χ3v) is 4.39. The molecule has 0 radical (unpaired) electrons. The average molecular weight is 363 g/mol. The fourth-order valence-electron chi connectivity index (χ4n) is 3.10. The van der Waals surface area contributed by atoms with Crippen LogP contribution in [-0.2, 0) is 18.4 Å². The number of hydrogen-bond acceptors (Lipinski definition) is 3. The molecule has 6 nitrogen and oxygen atoms in total. The molecule has 136 valence electrons. The molecule has 1 amide bonds. The Hall–Kier alpha value is -3.48. The van der Waals surface area contributed by atoms with E-state index in [1.165, 1.54) is 17.1 Å². The minimum atomic E-state index is -0.239. The van der Waals surface area contributed by atoms with E-state index in [1.54, 1.807) is 13.1 Å². The summed E-state index contributed by atoms with van der Waals surface area (Å²) < 4.78 is 16.1. The molecule has 4 rings (SSSR count). The van der Waals surface area contributed by atoms with Gasteiger partial charge in [0.2, 0.25) is 5.91 Å². The molecule has 0 saturated carbocycles. The number of anilines is 1. The SMILES string of the molecule is Cc1ccc(-c2ccc3c(ccn3CC(=O)Nc3cnn(C)n3)c2)c(F)c1. The van der Waals surface area contributed by atoms with Crippen LogP contribution in [0.15, 0.2) is 54.9 Å². The van der Waals surface area contributed by atoms with Gasteiger partial charge in [-0.1, -0.05) is 18.2 Å². The molecule has 0 unspecified atom stereocenters. The van der Waals surface area contributed by atoms with E-state index in [-0.39, 0.29) is 18.3 Å². The molecular weight excluding hydrogens is 345 g/mol. The van der Waals surface area contributed by atoms with Crippen molar-refractivity contribution in [1.82, 2.24) is 19.6 Å². The zero-order chi connectivity index (χ0) is 19.0. The Balaban J connectivity index is 1.58. The molecule has 0 saturated heterocycles. The van der Waals surface area contributed by atoms with Crippen LogP contribution in [-0.4, -0.2) is 25.5 Å². The number of carbonyl (C=O) groups excluding carboxylic acids is 1. The molecule has 0 aliphatic rings. The van der Waals surface area contributed by atoms with Gasteiger partial charge in [-0.25, -0.2) is 4.39 Å². The maximum Gasteiger partial charge on any atom is 0.245 e. The van der Waals surface area contributed by atoms with Crippen LogP contribution in [0.5, 0.6) is 0 Å². The Kier molecular flexibility index (Phi) is 4.19. The van der Waals surface area contributed by atoms with Gasteiger partial charge in [-0.05, 0) is 42.3 Å². The molecule has 0 atom stereocenters. The number of aryl methyl sites for hydroxylation is 2. The average Bonchev–Trinajstić information content (AvgIpc) is 3.21. The first kappa shape index (κ1) is 17.0. The Morgan fingerprint density at radius 1 is 1.19 bits per heavy atom. The summed E-state index contributed by atoms with van der Waals surface area (Å²) in [4.78, 5) is 13.6. The molecular formula is C20H18FN5O. The van der Waals surface area contributed by atoms with Gasteiger partial charge in [-0.15, -0.1) is 5.10 Å². The summed E-state index contributed by atoms with van der Waals surface area (Å²) in [6, 6.07) is 12.8. The zero-order valence-corrected chi connectivity index (χ0v) is 15.0. The van der Waals surface area contributed by atoms with Crippen LogP contribution < -0.4 is 5.32 Å². The van der Waals surface area contributed by atoms with Crippen molar-refractivity contribution in [3.8, 4) is 11.1 Å². The lowest BCUT2D eigenvalue weighted by atomic mass is 10.0. The lowest BCUT2D eigenvalue weighted by Gasteiger charge is -2.08. The van der Waals surface area contributed by atoms with Crippen molar-refractivity contribution in [2.24, 2.45) is 7.05 Å². The Morgan fingerprint density at radius 2 is 2.04 bits per heavy atom. The number of benzene rings is 2.